The third-order valence-corrected chi connectivity index (χ3v) is 4.78. The quantitative estimate of drug-likeness (QED) is 0.501. The van der Waals surface area contributed by atoms with Crippen LogP contribution in [0, 0.1) is 5.82 Å². The van der Waals surface area contributed by atoms with Crippen molar-refractivity contribution in [1.82, 2.24) is 0 Å². The number of anilines is 1. The van der Waals surface area contributed by atoms with Gasteiger partial charge in [0.2, 0.25) is 0 Å². The maximum absolute atomic E-state index is 13.3. The van der Waals surface area contributed by atoms with Crippen LogP contribution in [0.5, 0.6) is 0 Å². The van der Waals surface area contributed by atoms with Crippen molar-refractivity contribution in [2.24, 2.45) is 0 Å². The first-order chi connectivity index (χ1) is 10.9. The highest BCUT2D eigenvalue weighted by Gasteiger charge is 2.33. The fourth-order valence-electron chi connectivity index (χ4n) is 2.11. The summed E-state index contributed by atoms with van der Waals surface area (Å²) in [6.07, 6.45) is 1.61. The molecule has 0 N–H and O–H groups in total. The van der Waals surface area contributed by atoms with Gasteiger partial charge in [-0.15, -0.1) is 0 Å². The van der Waals surface area contributed by atoms with Crippen molar-refractivity contribution in [3.63, 3.8) is 0 Å². The van der Waals surface area contributed by atoms with Crippen LogP contribution in [-0.4, -0.2) is 10.2 Å². The molecule has 2 nitrogen and oxygen atoms in total. The van der Waals surface area contributed by atoms with E-state index in [1.165, 1.54) is 17.0 Å². The number of nitrogens with zero attached hydrogens (tertiary/aromatic N) is 1. The van der Waals surface area contributed by atoms with Crippen LogP contribution in [0.4, 0.5) is 10.1 Å². The smallest absolute Gasteiger partial charge is 0.268 e. The second-order valence-electron chi connectivity index (χ2n) is 4.70. The van der Waals surface area contributed by atoms with Gasteiger partial charge in [-0.1, -0.05) is 59.3 Å². The summed E-state index contributed by atoms with van der Waals surface area (Å²) in [7, 11) is 0. The fourth-order valence-corrected chi connectivity index (χ4v) is 3.92. The summed E-state index contributed by atoms with van der Waals surface area (Å²) >= 11 is 18.4. The Balaban J connectivity index is 1.97. The van der Waals surface area contributed by atoms with Gasteiger partial charge in [0.05, 0.1) is 10.6 Å². The number of thioether (sulfide) groups is 1. The maximum atomic E-state index is 13.3. The Hall–Kier alpha value is -1.40. The van der Waals surface area contributed by atoms with Gasteiger partial charge >= 0.3 is 0 Å². The van der Waals surface area contributed by atoms with E-state index in [1.54, 1.807) is 36.4 Å². The second-order valence-corrected chi connectivity index (χ2v) is 7.25. The average molecular weight is 384 g/mol. The fraction of sp³-hybridized carbons (Fsp3) is 0. The summed E-state index contributed by atoms with van der Waals surface area (Å²) in [5.74, 6) is -0.654. The zero-order valence-corrected chi connectivity index (χ0v) is 14.6. The number of hydrogen-bond donors (Lipinski definition) is 0. The van der Waals surface area contributed by atoms with Gasteiger partial charge in [-0.3, -0.25) is 9.69 Å². The maximum Gasteiger partial charge on any atom is 0.270 e. The molecule has 0 atom stereocenters. The first-order valence-corrected chi connectivity index (χ1v) is 8.42. The van der Waals surface area contributed by atoms with Crippen molar-refractivity contribution in [3.05, 3.63) is 68.8 Å². The highest BCUT2D eigenvalue weighted by molar-refractivity contribution is 8.27. The van der Waals surface area contributed by atoms with Gasteiger partial charge in [-0.05, 0) is 42.0 Å². The van der Waals surface area contributed by atoms with E-state index >= 15 is 0 Å². The molecule has 0 spiro atoms. The summed E-state index contributed by atoms with van der Waals surface area (Å²) in [5.41, 5.74) is 1.10. The molecule has 1 saturated heterocycles. The predicted molar refractivity (Wildman–Crippen MR) is 98.5 cm³/mol. The summed E-state index contributed by atoms with van der Waals surface area (Å²) < 4.78 is 13.6. The van der Waals surface area contributed by atoms with Crippen molar-refractivity contribution < 1.29 is 9.18 Å². The lowest BCUT2D eigenvalue weighted by Crippen LogP contribution is -2.27. The van der Waals surface area contributed by atoms with Crippen LogP contribution in [0.25, 0.3) is 6.08 Å². The molecule has 0 saturated carbocycles. The van der Waals surface area contributed by atoms with Gasteiger partial charge in [-0.25, -0.2) is 4.39 Å². The first kappa shape index (κ1) is 16.5. The van der Waals surface area contributed by atoms with Crippen molar-refractivity contribution in [2.75, 3.05) is 4.90 Å². The second kappa shape index (κ2) is 6.61. The Morgan fingerprint density at radius 3 is 2.48 bits per heavy atom. The molecule has 116 valence electrons. The van der Waals surface area contributed by atoms with E-state index in [9.17, 15) is 9.18 Å². The summed E-state index contributed by atoms with van der Waals surface area (Å²) in [6.45, 7) is 0. The highest BCUT2D eigenvalue weighted by Crippen LogP contribution is 2.37. The number of rotatable bonds is 2. The monoisotopic (exact) mass is 383 g/mol. The van der Waals surface area contributed by atoms with Crippen LogP contribution in [0.15, 0.2) is 47.4 Å². The van der Waals surface area contributed by atoms with Gasteiger partial charge in [0.25, 0.3) is 5.91 Å². The molecule has 2 aromatic rings. The average Bonchev–Trinajstić information content (AvgIpc) is 2.72. The molecule has 0 aliphatic carbocycles. The summed E-state index contributed by atoms with van der Waals surface area (Å²) in [6, 6.07) is 10.8. The number of carbonyl (C=O) groups excluding carboxylic acids is 1. The molecule has 1 aliphatic heterocycles. The number of thiocarbonyl (C=S) groups is 1. The van der Waals surface area contributed by atoms with E-state index in [2.05, 4.69) is 0 Å². The molecule has 0 bridgehead atoms. The lowest BCUT2D eigenvalue weighted by Gasteiger charge is -2.15. The number of carbonyl (C=O) groups is 1. The van der Waals surface area contributed by atoms with Crippen LogP contribution in [0.2, 0.25) is 10.0 Å². The number of halogens is 3. The van der Waals surface area contributed by atoms with E-state index in [0.717, 1.165) is 11.8 Å². The molecule has 0 aromatic heterocycles. The lowest BCUT2D eigenvalue weighted by molar-refractivity contribution is -0.113. The van der Waals surface area contributed by atoms with E-state index in [4.69, 9.17) is 35.4 Å². The molecular weight excluding hydrogens is 376 g/mol. The minimum atomic E-state index is -0.365. The lowest BCUT2D eigenvalue weighted by atomic mass is 10.2. The molecule has 1 fully saturated rings. The molecule has 7 heteroatoms. The molecule has 1 heterocycles. The molecule has 1 amide bonds. The predicted octanol–water partition coefficient (Wildman–Crippen LogP) is 5.54. The minimum absolute atomic E-state index is 0.289. The van der Waals surface area contributed by atoms with E-state index in [-0.39, 0.29) is 11.7 Å². The van der Waals surface area contributed by atoms with Crippen molar-refractivity contribution in [3.8, 4) is 0 Å². The molecule has 23 heavy (non-hydrogen) atoms. The first-order valence-electron chi connectivity index (χ1n) is 6.44. The summed E-state index contributed by atoms with van der Waals surface area (Å²) in [5, 5.41) is 0.825. The molecule has 0 unspecified atom stereocenters. The number of amides is 1. The highest BCUT2D eigenvalue weighted by atomic mass is 35.5. The minimum Gasteiger partial charge on any atom is -0.268 e. The summed E-state index contributed by atoms with van der Waals surface area (Å²) in [4.78, 5) is 14.4. The zero-order chi connectivity index (χ0) is 16.6. The SMILES string of the molecule is O=C1C(=Cc2cccc(F)c2)SC(=S)N1c1cc(Cl)cc(Cl)c1. The van der Waals surface area contributed by atoms with E-state index in [1.807, 2.05) is 0 Å². The van der Waals surface area contributed by atoms with Crippen LogP contribution in [-0.2, 0) is 4.79 Å². The van der Waals surface area contributed by atoms with E-state index < -0.39 is 0 Å². The van der Waals surface area contributed by atoms with E-state index in [0.29, 0.717) is 30.5 Å². The van der Waals surface area contributed by atoms with Gasteiger partial charge < -0.3 is 0 Å². The van der Waals surface area contributed by atoms with Gasteiger partial charge in [0.1, 0.15) is 5.82 Å². The Labute approximate surface area is 151 Å². The van der Waals surface area contributed by atoms with Crippen LogP contribution in [0.1, 0.15) is 5.56 Å². The Bertz CT molecular complexity index is 833. The van der Waals surface area contributed by atoms with Gasteiger partial charge in [0, 0.05) is 10.0 Å². The van der Waals surface area contributed by atoms with Crippen LogP contribution in [0.3, 0.4) is 0 Å². The standard InChI is InChI=1S/C16H8Cl2FNOS2/c17-10-6-11(18)8-13(7-10)20-15(21)14(23-16(20)22)5-9-2-1-3-12(19)4-9/h1-8H. The molecular formula is C16H8Cl2FNOS2. The van der Waals surface area contributed by atoms with Gasteiger partial charge in [0.15, 0.2) is 4.32 Å². The molecule has 1 aliphatic rings. The van der Waals surface area contributed by atoms with Crippen LogP contribution < -0.4 is 4.90 Å². The normalized spacial score (nSPS) is 16.5. The number of hydrogen-bond acceptors (Lipinski definition) is 3. The Morgan fingerprint density at radius 1 is 1.13 bits per heavy atom. The molecule has 3 rings (SSSR count). The number of benzene rings is 2. The van der Waals surface area contributed by atoms with Crippen molar-refractivity contribution in [2.45, 2.75) is 0 Å². The topological polar surface area (TPSA) is 20.3 Å². The van der Waals surface area contributed by atoms with Crippen LogP contribution >= 0.6 is 47.2 Å². The molecule has 2 aromatic carbocycles. The van der Waals surface area contributed by atoms with Crippen molar-refractivity contribution in [1.29, 1.82) is 0 Å². The molecule has 0 radical (unpaired) electrons. The third-order valence-electron chi connectivity index (χ3n) is 3.05. The third kappa shape index (κ3) is 3.58. The van der Waals surface area contributed by atoms with Crippen molar-refractivity contribution >= 4 is 69.2 Å². The zero-order valence-electron chi connectivity index (χ0n) is 11.4. The Kier molecular flexibility index (Phi) is 4.73. The largest absolute Gasteiger partial charge is 0.270 e. The Morgan fingerprint density at radius 2 is 1.83 bits per heavy atom. The van der Waals surface area contributed by atoms with Gasteiger partial charge in [-0.2, -0.15) is 0 Å².